The summed E-state index contributed by atoms with van der Waals surface area (Å²) in [4.78, 5) is 24.7. The molecule has 0 unspecified atom stereocenters. The SMILES string of the molecule is CCOc1ccc(C(=O)NNC(=O)c2c(C)nn(-c3ccc(F)cc3)c2Cl)cc1. The molecule has 2 N–H and O–H groups in total. The van der Waals surface area contributed by atoms with E-state index in [4.69, 9.17) is 16.3 Å². The van der Waals surface area contributed by atoms with Crippen LogP contribution in [0.3, 0.4) is 0 Å². The smallest absolute Gasteiger partial charge is 0.274 e. The average Bonchev–Trinajstić information content (AvgIpc) is 3.01. The zero-order valence-electron chi connectivity index (χ0n) is 15.7. The number of halogens is 2. The van der Waals surface area contributed by atoms with E-state index in [9.17, 15) is 14.0 Å². The number of benzene rings is 2. The van der Waals surface area contributed by atoms with Crippen LogP contribution in [0.4, 0.5) is 4.39 Å². The van der Waals surface area contributed by atoms with Gasteiger partial charge in [-0.15, -0.1) is 0 Å². The molecule has 7 nitrogen and oxygen atoms in total. The highest BCUT2D eigenvalue weighted by atomic mass is 35.5. The standard InChI is InChI=1S/C20H18ClFN4O3/c1-3-29-16-10-4-13(5-11-16)19(27)23-24-20(28)17-12(2)25-26(18(17)21)15-8-6-14(22)7-9-15/h4-11H,3H2,1-2H3,(H,23,27)(H,24,28). The van der Waals surface area contributed by atoms with Crippen LogP contribution in [0.2, 0.25) is 5.15 Å². The number of ether oxygens (including phenoxy) is 1. The van der Waals surface area contributed by atoms with Crippen LogP contribution in [0.25, 0.3) is 5.69 Å². The van der Waals surface area contributed by atoms with Gasteiger partial charge in [-0.2, -0.15) is 5.10 Å². The number of hydrogen-bond acceptors (Lipinski definition) is 4. The summed E-state index contributed by atoms with van der Waals surface area (Å²) in [6, 6.07) is 12.0. The number of aryl methyl sites for hydroxylation is 1. The van der Waals surface area contributed by atoms with Gasteiger partial charge in [0, 0.05) is 5.56 Å². The van der Waals surface area contributed by atoms with Crippen molar-refractivity contribution in [3.8, 4) is 11.4 Å². The van der Waals surface area contributed by atoms with Gasteiger partial charge in [0.05, 0.1) is 18.0 Å². The molecule has 1 heterocycles. The number of amides is 2. The Balaban J connectivity index is 1.70. The van der Waals surface area contributed by atoms with Gasteiger partial charge in [-0.1, -0.05) is 11.6 Å². The van der Waals surface area contributed by atoms with Crippen LogP contribution >= 0.6 is 11.6 Å². The molecule has 0 bridgehead atoms. The second-order valence-corrected chi connectivity index (χ2v) is 6.36. The second-order valence-electron chi connectivity index (χ2n) is 6.01. The molecule has 29 heavy (non-hydrogen) atoms. The molecule has 150 valence electrons. The van der Waals surface area contributed by atoms with Crippen molar-refractivity contribution < 1.29 is 18.7 Å². The summed E-state index contributed by atoms with van der Waals surface area (Å²) < 4.78 is 19.8. The number of nitrogens with zero attached hydrogens (tertiary/aromatic N) is 2. The third-order valence-electron chi connectivity index (χ3n) is 4.02. The number of hydrogen-bond donors (Lipinski definition) is 2. The number of rotatable bonds is 5. The molecule has 0 aliphatic heterocycles. The topological polar surface area (TPSA) is 85.2 Å². The third-order valence-corrected chi connectivity index (χ3v) is 4.37. The van der Waals surface area contributed by atoms with E-state index in [1.54, 1.807) is 31.2 Å². The van der Waals surface area contributed by atoms with Crippen LogP contribution in [0.15, 0.2) is 48.5 Å². The lowest BCUT2D eigenvalue weighted by Gasteiger charge is -2.08. The molecule has 2 amide bonds. The van der Waals surface area contributed by atoms with Crippen LogP contribution in [0, 0.1) is 12.7 Å². The number of nitrogens with one attached hydrogen (secondary N) is 2. The molecule has 3 rings (SSSR count). The lowest BCUT2D eigenvalue weighted by molar-refractivity contribution is 0.0846. The summed E-state index contributed by atoms with van der Waals surface area (Å²) in [5.74, 6) is -0.881. The number of hydrazine groups is 1. The summed E-state index contributed by atoms with van der Waals surface area (Å²) in [5, 5.41) is 4.26. The Morgan fingerprint density at radius 1 is 1.07 bits per heavy atom. The van der Waals surface area contributed by atoms with Crippen molar-refractivity contribution in [1.29, 1.82) is 0 Å². The van der Waals surface area contributed by atoms with Gasteiger partial charge in [-0.25, -0.2) is 9.07 Å². The summed E-state index contributed by atoms with van der Waals surface area (Å²) >= 11 is 6.30. The molecule has 0 fully saturated rings. The fourth-order valence-electron chi connectivity index (χ4n) is 2.63. The van der Waals surface area contributed by atoms with E-state index >= 15 is 0 Å². The largest absolute Gasteiger partial charge is 0.494 e. The Hall–Kier alpha value is -3.39. The molecule has 9 heteroatoms. The summed E-state index contributed by atoms with van der Waals surface area (Å²) in [7, 11) is 0. The summed E-state index contributed by atoms with van der Waals surface area (Å²) in [6.45, 7) is 3.99. The highest BCUT2D eigenvalue weighted by Crippen LogP contribution is 2.23. The van der Waals surface area contributed by atoms with Gasteiger partial charge in [0.1, 0.15) is 22.3 Å². The molecule has 0 atom stereocenters. The van der Waals surface area contributed by atoms with Gasteiger partial charge in [0.25, 0.3) is 11.8 Å². The van der Waals surface area contributed by atoms with Crippen LogP contribution in [-0.2, 0) is 0 Å². The first-order chi connectivity index (χ1) is 13.9. The van der Waals surface area contributed by atoms with E-state index in [2.05, 4.69) is 16.0 Å². The molecule has 0 spiro atoms. The van der Waals surface area contributed by atoms with E-state index in [1.807, 2.05) is 6.92 Å². The molecule has 0 aliphatic carbocycles. The van der Waals surface area contributed by atoms with Crippen molar-refractivity contribution in [2.75, 3.05) is 6.61 Å². The molecule has 1 aromatic heterocycles. The van der Waals surface area contributed by atoms with Gasteiger partial charge in [0.2, 0.25) is 0 Å². The fourth-order valence-corrected chi connectivity index (χ4v) is 2.99. The van der Waals surface area contributed by atoms with Gasteiger partial charge in [-0.3, -0.25) is 20.4 Å². The zero-order chi connectivity index (χ0) is 21.0. The Labute approximate surface area is 171 Å². The maximum absolute atomic E-state index is 13.1. The van der Waals surface area contributed by atoms with Gasteiger partial charge in [-0.05, 0) is 62.4 Å². The first-order valence-electron chi connectivity index (χ1n) is 8.75. The predicted octanol–water partition coefficient (Wildman–Crippen LogP) is 3.45. The summed E-state index contributed by atoms with van der Waals surface area (Å²) in [5.41, 5.74) is 5.96. The van der Waals surface area contributed by atoms with Gasteiger partial charge in [0.15, 0.2) is 0 Å². The number of carbonyl (C=O) groups is 2. The van der Waals surface area contributed by atoms with Crippen LogP contribution < -0.4 is 15.6 Å². The van der Waals surface area contributed by atoms with E-state index < -0.39 is 17.6 Å². The Morgan fingerprint density at radius 2 is 1.69 bits per heavy atom. The zero-order valence-corrected chi connectivity index (χ0v) is 16.5. The highest BCUT2D eigenvalue weighted by molar-refractivity contribution is 6.33. The molecule has 3 aromatic rings. The minimum atomic E-state index is -0.625. The molecule has 0 radical (unpaired) electrons. The summed E-state index contributed by atoms with van der Waals surface area (Å²) in [6.07, 6.45) is 0. The lowest BCUT2D eigenvalue weighted by Crippen LogP contribution is -2.41. The highest BCUT2D eigenvalue weighted by Gasteiger charge is 2.21. The lowest BCUT2D eigenvalue weighted by atomic mass is 10.2. The van der Waals surface area contributed by atoms with E-state index in [0.717, 1.165) is 0 Å². The minimum absolute atomic E-state index is 0.0434. The maximum atomic E-state index is 13.1. The maximum Gasteiger partial charge on any atom is 0.274 e. The quantitative estimate of drug-likeness (QED) is 0.624. The van der Waals surface area contributed by atoms with Crippen molar-refractivity contribution in [2.45, 2.75) is 13.8 Å². The van der Waals surface area contributed by atoms with Crippen molar-refractivity contribution in [1.82, 2.24) is 20.6 Å². The van der Waals surface area contributed by atoms with Crippen molar-refractivity contribution in [2.24, 2.45) is 0 Å². The van der Waals surface area contributed by atoms with Crippen molar-refractivity contribution in [3.63, 3.8) is 0 Å². The van der Waals surface area contributed by atoms with Crippen LogP contribution in [0.1, 0.15) is 33.3 Å². The molecule has 0 saturated carbocycles. The van der Waals surface area contributed by atoms with Crippen LogP contribution in [0.5, 0.6) is 5.75 Å². The molecular formula is C20H18ClFN4O3. The second kappa shape index (κ2) is 8.74. The molecule has 0 aliphatic rings. The fraction of sp³-hybridized carbons (Fsp3) is 0.150. The van der Waals surface area contributed by atoms with Gasteiger partial charge >= 0.3 is 0 Å². The van der Waals surface area contributed by atoms with Crippen molar-refractivity contribution in [3.05, 3.63) is 76.3 Å². The minimum Gasteiger partial charge on any atom is -0.494 e. The first-order valence-corrected chi connectivity index (χ1v) is 9.13. The molecule has 0 saturated heterocycles. The first kappa shape index (κ1) is 20.3. The van der Waals surface area contributed by atoms with E-state index in [-0.39, 0.29) is 10.7 Å². The number of aromatic nitrogens is 2. The Kier molecular flexibility index (Phi) is 6.13. The Bertz CT molecular complexity index is 1030. The molecule has 2 aromatic carbocycles. The number of carbonyl (C=O) groups excluding carboxylic acids is 2. The van der Waals surface area contributed by atoms with Crippen LogP contribution in [-0.4, -0.2) is 28.2 Å². The average molecular weight is 417 g/mol. The Morgan fingerprint density at radius 3 is 2.31 bits per heavy atom. The normalized spacial score (nSPS) is 10.5. The molecular weight excluding hydrogens is 399 g/mol. The third kappa shape index (κ3) is 4.55. The predicted molar refractivity (Wildman–Crippen MR) is 106 cm³/mol. The van der Waals surface area contributed by atoms with Gasteiger partial charge < -0.3 is 4.74 Å². The van der Waals surface area contributed by atoms with Crippen molar-refractivity contribution >= 4 is 23.4 Å². The van der Waals surface area contributed by atoms with E-state index in [0.29, 0.717) is 29.3 Å². The monoisotopic (exact) mass is 416 g/mol. The van der Waals surface area contributed by atoms with E-state index in [1.165, 1.54) is 28.9 Å².